The third kappa shape index (κ3) is 8.31. The molecular weight excluding hydrogens is 510 g/mol. The van der Waals surface area contributed by atoms with Gasteiger partial charge in [0.15, 0.2) is 0 Å². The number of aromatic nitrogens is 1. The van der Waals surface area contributed by atoms with Crippen molar-refractivity contribution in [1.82, 2.24) is 10.3 Å². The molecule has 0 saturated heterocycles. The van der Waals surface area contributed by atoms with Crippen molar-refractivity contribution >= 4 is 31.8 Å². The second kappa shape index (κ2) is 13.3. The summed E-state index contributed by atoms with van der Waals surface area (Å²) in [5, 5.41) is 8.54. The van der Waals surface area contributed by atoms with Gasteiger partial charge in [-0.2, -0.15) is 0 Å². The first-order chi connectivity index (χ1) is 18.6. The van der Waals surface area contributed by atoms with E-state index in [1.165, 1.54) is 32.9 Å². The van der Waals surface area contributed by atoms with E-state index in [0.717, 1.165) is 25.7 Å². The minimum Gasteiger partial charge on any atom is -0.312 e. The van der Waals surface area contributed by atoms with Crippen LogP contribution in [0.1, 0.15) is 58.5 Å². The summed E-state index contributed by atoms with van der Waals surface area (Å²) in [5.41, 5.74) is 3.80. The first kappa shape index (κ1) is 29.6. The minimum atomic E-state index is -0.614. The number of hydrogen-bond acceptors (Lipinski definition) is 2. The molecule has 204 valence electrons. The molecule has 0 bridgehead atoms. The highest BCUT2D eigenvalue weighted by Gasteiger charge is 2.34. The van der Waals surface area contributed by atoms with Crippen molar-refractivity contribution in [1.29, 1.82) is 0 Å². The number of rotatable bonds is 10. The van der Waals surface area contributed by atoms with Crippen molar-refractivity contribution in [2.75, 3.05) is 6.54 Å². The predicted octanol–water partition coefficient (Wildman–Crippen LogP) is 7.75. The lowest BCUT2D eigenvalue weighted by atomic mass is 10.2. The van der Waals surface area contributed by atoms with Gasteiger partial charge >= 0.3 is 0 Å². The normalized spacial score (nSPS) is 12.3. The zero-order valence-corrected chi connectivity index (χ0v) is 26.3. The van der Waals surface area contributed by atoms with E-state index in [2.05, 4.69) is 150 Å². The van der Waals surface area contributed by atoms with Crippen molar-refractivity contribution in [3.05, 3.63) is 120 Å². The molecule has 1 N–H and O–H groups in total. The van der Waals surface area contributed by atoms with Crippen LogP contribution in [0.25, 0.3) is 0 Å². The molecule has 39 heavy (non-hydrogen) atoms. The van der Waals surface area contributed by atoms with Gasteiger partial charge < -0.3 is 5.32 Å². The highest BCUT2D eigenvalue weighted by Crippen LogP contribution is 2.61. The van der Waals surface area contributed by atoms with Crippen LogP contribution in [0.4, 0.5) is 0 Å². The molecular formula is C35H44N2P2. The van der Waals surface area contributed by atoms with Gasteiger partial charge in [0.25, 0.3) is 0 Å². The average molecular weight is 555 g/mol. The maximum atomic E-state index is 5.09. The Labute approximate surface area is 239 Å². The van der Waals surface area contributed by atoms with E-state index in [4.69, 9.17) is 4.98 Å². The van der Waals surface area contributed by atoms with Gasteiger partial charge in [-0.25, -0.2) is 0 Å². The Hall–Kier alpha value is -2.37. The highest BCUT2D eigenvalue weighted by atomic mass is 31.1. The van der Waals surface area contributed by atoms with Crippen molar-refractivity contribution in [2.45, 2.75) is 71.0 Å². The average Bonchev–Trinajstić information content (AvgIpc) is 2.91. The number of pyridine rings is 1. The molecule has 3 aromatic carbocycles. The zero-order valence-electron chi connectivity index (χ0n) is 24.5. The van der Waals surface area contributed by atoms with Crippen LogP contribution >= 0.6 is 15.8 Å². The fourth-order valence-electron chi connectivity index (χ4n) is 5.30. The number of nitrogens with zero attached hydrogens (tertiary/aromatic N) is 1. The van der Waals surface area contributed by atoms with Gasteiger partial charge in [-0.15, -0.1) is 0 Å². The van der Waals surface area contributed by atoms with Gasteiger partial charge in [-0.1, -0.05) is 140 Å². The smallest absolute Gasteiger partial charge is 0.0450 e. The number of hydrogen-bond donors (Lipinski definition) is 1. The lowest BCUT2D eigenvalue weighted by Gasteiger charge is -2.41. The molecule has 0 fully saturated rings. The molecule has 0 amide bonds. The summed E-state index contributed by atoms with van der Waals surface area (Å²) in [5.74, 6) is 0. The van der Waals surface area contributed by atoms with Gasteiger partial charge in [-0.3, -0.25) is 4.98 Å². The maximum Gasteiger partial charge on any atom is 0.0450 e. The van der Waals surface area contributed by atoms with Crippen molar-refractivity contribution in [3.63, 3.8) is 0 Å². The molecule has 1 heterocycles. The third-order valence-electron chi connectivity index (χ3n) is 6.94. The van der Waals surface area contributed by atoms with Crippen molar-refractivity contribution in [2.24, 2.45) is 0 Å². The fourth-order valence-corrected chi connectivity index (χ4v) is 11.2. The second-order valence-corrected chi connectivity index (χ2v) is 18.2. The van der Waals surface area contributed by atoms with Crippen molar-refractivity contribution < 1.29 is 0 Å². The van der Waals surface area contributed by atoms with E-state index in [1.54, 1.807) is 0 Å². The lowest BCUT2D eigenvalue weighted by molar-refractivity contribution is 0.679. The highest BCUT2D eigenvalue weighted by molar-refractivity contribution is 7.79. The SMILES string of the molecule is CC(C)(C)P(Cc1cccc(CCNCc2ccccc2P(c2ccccc2)c2ccccc2)n1)C(C)(C)C. The number of nitrogens with one attached hydrogen (secondary N) is 1. The van der Waals surface area contributed by atoms with Gasteiger partial charge in [0.05, 0.1) is 0 Å². The molecule has 0 radical (unpaired) electrons. The maximum absolute atomic E-state index is 5.09. The Kier molecular flexibility index (Phi) is 10.1. The Morgan fingerprint density at radius 3 is 1.74 bits per heavy atom. The molecule has 0 aliphatic carbocycles. The van der Waals surface area contributed by atoms with Gasteiger partial charge in [0.2, 0.25) is 0 Å². The van der Waals surface area contributed by atoms with Crippen molar-refractivity contribution in [3.8, 4) is 0 Å². The molecule has 0 atom stereocenters. The van der Waals surface area contributed by atoms with Crippen LogP contribution in [0.2, 0.25) is 0 Å². The molecule has 0 aliphatic rings. The van der Waals surface area contributed by atoms with Gasteiger partial charge in [0, 0.05) is 37.1 Å². The number of benzene rings is 3. The monoisotopic (exact) mass is 554 g/mol. The quantitative estimate of drug-likeness (QED) is 0.160. The van der Waals surface area contributed by atoms with Crippen LogP contribution in [0.3, 0.4) is 0 Å². The predicted molar refractivity (Wildman–Crippen MR) is 175 cm³/mol. The van der Waals surface area contributed by atoms with Gasteiger partial charge in [-0.05, 0) is 51.8 Å². The fraction of sp³-hybridized carbons (Fsp3) is 0.343. The summed E-state index contributed by atoms with van der Waals surface area (Å²) in [6.45, 7) is 16.1. The van der Waals surface area contributed by atoms with Gasteiger partial charge in [0.1, 0.15) is 0 Å². The Balaban J connectivity index is 1.44. The van der Waals surface area contributed by atoms with E-state index in [9.17, 15) is 0 Å². The second-order valence-electron chi connectivity index (χ2n) is 12.1. The zero-order chi connectivity index (χ0) is 27.9. The summed E-state index contributed by atoms with van der Waals surface area (Å²) < 4.78 is 0. The van der Waals surface area contributed by atoms with E-state index in [1.807, 2.05) is 0 Å². The minimum absolute atomic E-state index is 0.203. The molecule has 4 rings (SSSR count). The molecule has 1 aromatic heterocycles. The van der Waals surface area contributed by atoms with E-state index in [0.29, 0.717) is 10.3 Å². The Morgan fingerprint density at radius 1 is 0.615 bits per heavy atom. The first-order valence-electron chi connectivity index (χ1n) is 14.0. The summed E-state index contributed by atoms with van der Waals surface area (Å²) in [4.78, 5) is 5.09. The van der Waals surface area contributed by atoms with E-state index in [-0.39, 0.29) is 7.92 Å². The molecule has 0 saturated carbocycles. The molecule has 0 aliphatic heterocycles. The molecule has 4 aromatic rings. The standard InChI is InChI=1S/C35H44N2P2/c1-34(2,3)38(35(4,5)6)27-30-18-15-17-29(37-30)24-25-36-26-28-16-13-14-23-33(28)39(31-19-9-7-10-20-31)32-21-11-8-12-22-32/h7-23,36H,24-27H2,1-6H3. The summed E-state index contributed by atoms with van der Waals surface area (Å²) >= 11 is 0. The summed E-state index contributed by atoms with van der Waals surface area (Å²) in [6.07, 6.45) is 2.02. The van der Waals surface area contributed by atoms with E-state index < -0.39 is 7.92 Å². The lowest BCUT2D eigenvalue weighted by Crippen LogP contribution is -2.27. The molecule has 0 spiro atoms. The molecule has 4 heteroatoms. The van der Waals surface area contributed by atoms with Crippen LogP contribution in [0.5, 0.6) is 0 Å². The van der Waals surface area contributed by atoms with Crippen LogP contribution in [0.15, 0.2) is 103 Å². The summed E-state index contributed by atoms with van der Waals surface area (Å²) in [6, 6.07) is 37.4. The summed E-state index contributed by atoms with van der Waals surface area (Å²) in [7, 11) is -0.817. The molecule has 0 unspecified atom stereocenters. The Morgan fingerprint density at radius 2 is 1.15 bits per heavy atom. The van der Waals surface area contributed by atoms with Crippen LogP contribution < -0.4 is 21.2 Å². The van der Waals surface area contributed by atoms with Crippen LogP contribution in [0, 0.1) is 0 Å². The third-order valence-corrected chi connectivity index (χ3v) is 13.4. The molecule has 2 nitrogen and oxygen atoms in total. The first-order valence-corrected chi connectivity index (χ1v) is 16.9. The van der Waals surface area contributed by atoms with Crippen LogP contribution in [-0.2, 0) is 19.1 Å². The van der Waals surface area contributed by atoms with E-state index >= 15 is 0 Å². The Bertz CT molecular complexity index is 1250. The largest absolute Gasteiger partial charge is 0.312 e. The topological polar surface area (TPSA) is 24.9 Å². The van der Waals surface area contributed by atoms with Crippen LogP contribution in [-0.4, -0.2) is 21.8 Å².